The standard InChI is InChI=1S/C20H30N4O3/c1-5-8-20(2,3)27-19(25)23-9-6-15(7-10-23)16-11-21-18(22-12-16)24-13-17(14-24)26-4/h6,11-12,17H,5,7-10,13-14H2,1-4H3. The Kier molecular flexibility index (Phi) is 5.99. The summed E-state index contributed by atoms with van der Waals surface area (Å²) in [6.07, 6.45) is 8.48. The zero-order chi connectivity index (χ0) is 19.4. The van der Waals surface area contributed by atoms with Crippen molar-refractivity contribution < 1.29 is 14.3 Å². The lowest BCUT2D eigenvalue weighted by Gasteiger charge is -2.38. The first-order valence-corrected chi connectivity index (χ1v) is 9.69. The summed E-state index contributed by atoms with van der Waals surface area (Å²) < 4.78 is 10.9. The fourth-order valence-electron chi connectivity index (χ4n) is 3.45. The molecule has 1 amide bonds. The predicted molar refractivity (Wildman–Crippen MR) is 105 cm³/mol. The lowest BCUT2D eigenvalue weighted by atomic mass is 10.0. The number of hydrogen-bond acceptors (Lipinski definition) is 6. The van der Waals surface area contributed by atoms with E-state index in [0.717, 1.165) is 43.9 Å². The van der Waals surface area contributed by atoms with Crippen LogP contribution in [0.15, 0.2) is 18.5 Å². The van der Waals surface area contributed by atoms with Gasteiger partial charge in [-0.1, -0.05) is 19.4 Å². The van der Waals surface area contributed by atoms with E-state index in [1.54, 1.807) is 12.0 Å². The SMILES string of the molecule is CCCC(C)(C)OC(=O)N1CC=C(c2cnc(N3CC(OC)C3)nc2)CC1. The lowest BCUT2D eigenvalue weighted by molar-refractivity contribution is 0.00986. The van der Waals surface area contributed by atoms with E-state index < -0.39 is 5.60 Å². The quantitative estimate of drug-likeness (QED) is 0.762. The van der Waals surface area contributed by atoms with Gasteiger partial charge in [-0.3, -0.25) is 0 Å². The van der Waals surface area contributed by atoms with E-state index in [1.165, 1.54) is 5.57 Å². The Bertz CT molecular complexity index is 681. The third-order valence-electron chi connectivity index (χ3n) is 5.16. The zero-order valence-electron chi connectivity index (χ0n) is 16.8. The van der Waals surface area contributed by atoms with Gasteiger partial charge in [0.25, 0.3) is 0 Å². The van der Waals surface area contributed by atoms with Crippen molar-refractivity contribution in [3.8, 4) is 0 Å². The highest BCUT2D eigenvalue weighted by atomic mass is 16.6. The molecule has 0 unspecified atom stereocenters. The normalized spacial score (nSPS) is 18.1. The molecule has 3 heterocycles. The lowest BCUT2D eigenvalue weighted by Crippen LogP contribution is -2.52. The van der Waals surface area contributed by atoms with Crippen molar-refractivity contribution in [3.63, 3.8) is 0 Å². The minimum Gasteiger partial charge on any atom is -0.443 e. The van der Waals surface area contributed by atoms with Gasteiger partial charge in [0, 0.05) is 51.2 Å². The van der Waals surface area contributed by atoms with Gasteiger partial charge in [-0.2, -0.15) is 0 Å². The number of carbonyl (C=O) groups excluding carboxylic acids is 1. The van der Waals surface area contributed by atoms with Gasteiger partial charge in [0.15, 0.2) is 0 Å². The van der Waals surface area contributed by atoms with E-state index in [4.69, 9.17) is 9.47 Å². The van der Waals surface area contributed by atoms with Crippen molar-refractivity contribution in [1.82, 2.24) is 14.9 Å². The summed E-state index contributed by atoms with van der Waals surface area (Å²) in [5.41, 5.74) is 1.77. The highest BCUT2D eigenvalue weighted by Gasteiger charge is 2.29. The van der Waals surface area contributed by atoms with Crippen molar-refractivity contribution in [2.75, 3.05) is 38.2 Å². The average molecular weight is 374 g/mol. The van der Waals surface area contributed by atoms with Crippen molar-refractivity contribution in [3.05, 3.63) is 24.0 Å². The molecule has 148 valence electrons. The maximum Gasteiger partial charge on any atom is 0.410 e. The molecule has 7 heteroatoms. The summed E-state index contributed by atoms with van der Waals surface area (Å²) in [5, 5.41) is 0. The Morgan fingerprint density at radius 3 is 2.56 bits per heavy atom. The van der Waals surface area contributed by atoms with Gasteiger partial charge in [-0.05, 0) is 32.3 Å². The third-order valence-corrected chi connectivity index (χ3v) is 5.16. The van der Waals surface area contributed by atoms with Crippen LogP contribution in [0.3, 0.4) is 0 Å². The van der Waals surface area contributed by atoms with Crippen LogP contribution in [-0.4, -0.2) is 66.0 Å². The molecule has 1 saturated heterocycles. The highest BCUT2D eigenvalue weighted by molar-refractivity contribution is 5.72. The summed E-state index contributed by atoms with van der Waals surface area (Å²) in [6, 6.07) is 0. The van der Waals surface area contributed by atoms with Gasteiger partial charge in [0.1, 0.15) is 5.60 Å². The molecule has 0 radical (unpaired) electrons. The molecule has 2 aliphatic heterocycles. The van der Waals surface area contributed by atoms with Crippen molar-refractivity contribution in [2.45, 2.75) is 51.7 Å². The van der Waals surface area contributed by atoms with Gasteiger partial charge in [0.2, 0.25) is 5.95 Å². The van der Waals surface area contributed by atoms with Crippen LogP contribution in [0.4, 0.5) is 10.7 Å². The van der Waals surface area contributed by atoms with E-state index in [-0.39, 0.29) is 12.2 Å². The first-order valence-electron chi connectivity index (χ1n) is 9.69. The van der Waals surface area contributed by atoms with E-state index in [0.29, 0.717) is 13.1 Å². The molecule has 0 spiro atoms. The Hall–Kier alpha value is -2.15. The molecule has 0 aromatic carbocycles. The topological polar surface area (TPSA) is 67.8 Å². The Morgan fingerprint density at radius 1 is 1.30 bits per heavy atom. The first-order chi connectivity index (χ1) is 12.9. The summed E-state index contributed by atoms with van der Waals surface area (Å²) in [5.74, 6) is 0.742. The number of aromatic nitrogens is 2. The minimum atomic E-state index is -0.418. The summed E-state index contributed by atoms with van der Waals surface area (Å²) >= 11 is 0. The molecule has 0 saturated carbocycles. The Balaban J connectivity index is 1.55. The van der Waals surface area contributed by atoms with Crippen molar-refractivity contribution in [2.24, 2.45) is 0 Å². The molecule has 1 aromatic heterocycles. The van der Waals surface area contributed by atoms with Gasteiger partial charge in [0.05, 0.1) is 6.10 Å². The number of anilines is 1. The largest absolute Gasteiger partial charge is 0.443 e. The van der Waals surface area contributed by atoms with Gasteiger partial charge in [-0.25, -0.2) is 14.8 Å². The molecule has 2 aliphatic rings. The van der Waals surface area contributed by atoms with Crippen LogP contribution >= 0.6 is 0 Å². The number of amides is 1. The molecule has 0 atom stereocenters. The van der Waals surface area contributed by atoms with Crippen molar-refractivity contribution >= 4 is 17.6 Å². The maximum absolute atomic E-state index is 12.4. The zero-order valence-corrected chi connectivity index (χ0v) is 16.8. The number of nitrogens with zero attached hydrogens (tertiary/aromatic N) is 4. The summed E-state index contributed by atoms with van der Waals surface area (Å²) in [4.78, 5) is 25.2. The molecular formula is C20H30N4O3. The molecule has 7 nitrogen and oxygen atoms in total. The van der Waals surface area contributed by atoms with Gasteiger partial charge >= 0.3 is 6.09 Å². The van der Waals surface area contributed by atoms with Crippen LogP contribution in [0.2, 0.25) is 0 Å². The molecule has 0 aliphatic carbocycles. The molecule has 1 aromatic rings. The van der Waals surface area contributed by atoms with Crippen LogP contribution in [-0.2, 0) is 9.47 Å². The number of ether oxygens (including phenoxy) is 2. The maximum atomic E-state index is 12.4. The number of hydrogen-bond donors (Lipinski definition) is 0. The predicted octanol–water partition coefficient (Wildman–Crippen LogP) is 3.12. The first kappa shape index (κ1) is 19.6. The summed E-state index contributed by atoms with van der Waals surface area (Å²) in [7, 11) is 1.73. The van der Waals surface area contributed by atoms with Gasteiger partial charge in [-0.15, -0.1) is 0 Å². The molecule has 27 heavy (non-hydrogen) atoms. The fourth-order valence-corrected chi connectivity index (χ4v) is 3.45. The van der Waals surface area contributed by atoms with Crippen molar-refractivity contribution in [1.29, 1.82) is 0 Å². The van der Waals surface area contributed by atoms with E-state index >= 15 is 0 Å². The summed E-state index contributed by atoms with van der Waals surface area (Å²) in [6.45, 7) is 8.90. The molecular weight excluding hydrogens is 344 g/mol. The highest BCUT2D eigenvalue weighted by Crippen LogP contribution is 2.25. The van der Waals surface area contributed by atoms with E-state index in [1.807, 2.05) is 26.2 Å². The number of carbonyl (C=O) groups is 1. The average Bonchev–Trinajstić information content (AvgIpc) is 2.61. The molecule has 3 rings (SSSR count). The van der Waals surface area contributed by atoms with E-state index in [2.05, 4.69) is 27.9 Å². The Labute approximate surface area is 161 Å². The molecule has 1 fully saturated rings. The van der Waals surface area contributed by atoms with Crippen LogP contribution in [0.25, 0.3) is 5.57 Å². The second-order valence-electron chi connectivity index (χ2n) is 7.84. The second kappa shape index (κ2) is 8.25. The second-order valence-corrected chi connectivity index (χ2v) is 7.84. The van der Waals surface area contributed by atoms with Crippen LogP contribution in [0.5, 0.6) is 0 Å². The fraction of sp³-hybridized carbons (Fsp3) is 0.650. The van der Waals surface area contributed by atoms with Crippen LogP contribution in [0.1, 0.15) is 45.6 Å². The monoisotopic (exact) mass is 374 g/mol. The Morgan fingerprint density at radius 2 is 2.00 bits per heavy atom. The number of methoxy groups -OCH3 is 1. The minimum absolute atomic E-state index is 0.235. The number of rotatable bonds is 6. The van der Waals surface area contributed by atoms with Gasteiger partial charge < -0.3 is 19.3 Å². The molecule has 0 bridgehead atoms. The smallest absolute Gasteiger partial charge is 0.410 e. The molecule has 0 N–H and O–H groups in total. The third kappa shape index (κ3) is 4.77. The van der Waals surface area contributed by atoms with Crippen LogP contribution < -0.4 is 4.90 Å². The van der Waals surface area contributed by atoms with E-state index in [9.17, 15) is 4.79 Å². The van der Waals surface area contributed by atoms with Crippen LogP contribution in [0, 0.1) is 0 Å².